The van der Waals surface area contributed by atoms with Gasteiger partial charge in [0.05, 0.1) is 6.33 Å². The SMILES string of the molecule is CCCn1cnc(S(=O)(=O)Nc2nc(C(C)C)nn2C)c1. The van der Waals surface area contributed by atoms with E-state index < -0.39 is 10.0 Å². The van der Waals surface area contributed by atoms with Crippen LogP contribution in [-0.2, 0) is 23.6 Å². The Labute approximate surface area is 124 Å². The molecule has 0 saturated carbocycles. The first kappa shape index (κ1) is 15.5. The maximum Gasteiger partial charge on any atom is 0.283 e. The van der Waals surface area contributed by atoms with Gasteiger partial charge in [0.1, 0.15) is 0 Å². The molecule has 0 fully saturated rings. The molecule has 116 valence electrons. The fourth-order valence-corrected chi connectivity index (χ4v) is 2.75. The summed E-state index contributed by atoms with van der Waals surface area (Å²) in [5, 5.41) is 4.15. The first-order valence-corrected chi connectivity index (χ1v) is 8.27. The van der Waals surface area contributed by atoms with Crippen molar-refractivity contribution in [1.82, 2.24) is 24.3 Å². The van der Waals surface area contributed by atoms with E-state index in [1.54, 1.807) is 11.6 Å². The number of anilines is 1. The summed E-state index contributed by atoms with van der Waals surface area (Å²) in [4.78, 5) is 8.12. The molecule has 2 aromatic heterocycles. The second-order valence-corrected chi connectivity index (χ2v) is 6.76. The molecule has 1 N–H and O–H groups in total. The van der Waals surface area contributed by atoms with Gasteiger partial charge in [0.15, 0.2) is 10.9 Å². The minimum absolute atomic E-state index is 0.0231. The lowest BCUT2D eigenvalue weighted by Gasteiger charge is -2.03. The Morgan fingerprint density at radius 3 is 2.67 bits per heavy atom. The molecule has 2 aromatic rings. The van der Waals surface area contributed by atoms with Gasteiger partial charge in [-0.2, -0.15) is 18.5 Å². The molecule has 0 aliphatic carbocycles. The molecule has 2 rings (SSSR count). The van der Waals surface area contributed by atoms with Crippen LogP contribution in [-0.4, -0.2) is 32.7 Å². The van der Waals surface area contributed by atoms with E-state index >= 15 is 0 Å². The lowest BCUT2D eigenvalue weighted by Crippen LogP contribution is -2.16. The van der Waals surface area contributed by atoms with E-state index in [9.17, 15) is 8.42 Å². The van der Waals surface area contributed by atoms with Crippen LogP contribution in [0.2, 0.25) is 0 Å². The topological polar surface area (TPSA) is 94.7 Å². The Morgan fingerprint density at radius 2 is 2.10 bits per heavy atom. The number of nitrogens with zero attached hydrogens (tertiary/aromatic N) is 5. The van der Waals surface area contributed by atoms with Gasteiger partial charge < -0.3 is 4.57 Å². The third-order valence-electron chi connectivity index (χ3n) is 2.89. The Morgan fingerprint density at radius 1 is 1.38 bits per heavy atom. The average Bonchev–Trinajstić information content (AvgIpc) is 2.98. The maximum absolute atomic E-state index is 12.3. The molecule has 2 heterocycles. The van der Waals surface area contributed by atoms with E-state index in [0.717, 1.165) is 13.0 Å². The van der Waals surface area contributed by atoms with Gasteiger partial charge >= 0.3 is 0 Å². The van der Waals surface area contributed by atoms with Crippen molar-refractivity contribution in [3.05, 3.63) is 18.3 Å². The average molecular weight is 312 g/mol. The lowest BCUT2D eigenvalue weighted by atomic mass is 10.2. The normalized spacial score (nSPS) is 12.0. The van der Waals surface area contributed by atoms with E-state index in [2.05, 4.69) is 19.8 Å². The summed E-state index contributed by atoms with van der Waals surface area (Å²) < 4.78 is 30.1. The second kappa shape index (κ2) is 5.84. The first-order chi connectivity index (χ1) is 9.83. The number of nitrogens with one attached hydrogen (secondary N) is 1. The molecule has 0 aliphatic heterocycles. The van der Waals surface area contributed by atoms with Crippen molar-refractivity contribution in [2.75, 3.05) is 4.72 Å². The van der Waals surface area contributed by atoms with E-state index in [4.69, 9.17) is 0 Å². The van der Waals surface area contributed by atoms with Crippen LogP contribution in [0.5, 0.6) is 0 Å². The van der Waals surface area contributed by atoms with Gasteiger partial charge in [0, 0.05) is 25.7 Å². The van der Waals surface area contributed by atoms with Gasteiger partial charge in [-0.15, -0.1) is 0 Å². The highest BCUT2D eigenvalue weighted by molar-refractivity contribution is 7.92. The van der Waals surface area contributed by atoms with Crippen molar-refractivity contribution in [3.8, 4) is 0 Å². The summed E-state index contributed by atoms with van der Waals surface area (Å²) in [6.07, 6.45) is 3.92. The summed E-state index contributed by atoms with van der Waals surface area (Å²) in [6.45, 7) is 6.63. The predicted octanol–water partition coefficient (Wildman–Crippen LogP) is 1.35. The Balaban J connectivity index is 2.24. The van der Waals surface area contributed by atoms with Gasteiger partial charge in [0.25, 0.3) is 10.0 Å². The Kier molecular flexibility index (Phi) is 4.31. The van der Waals surface area contributed by atoms with Crippen LogP contribution in [0.15, 0.2) is 17.6 Å². The van der Waals surface area contributed by atoms with E-state index in [1.165, 1.54) is 17.2 Å². The van der Waals surface area contributed by atoms with Crippen LogP contribution in [0, 0.1) is 0 Å². The molecule has 0 unspecified atom stereocenters. The molecule has 8 nitrogen and oxygen atoms in total. The number of sulfonamides is 1. The van der Waals surface area contributed by atoms with Crippen molar-refractivity contribution in [2.24, 2.45) is 7.05 Å². The lowest BCUT2D eigenvalue weighted by molar-refractivity contribution is 0.596. The van der Waals surface area contributed by atoms with Crippen LogP contribution in [0.25, 0.3) is 0 Å². The van der Waals surface area contributed by atoms with E-state index in [-0.39, 0.29) is 16.9 Å². The number of aryl methyl sites for hydroxylation is 2. The standard InChI is InChI=1S/C12H20N6O2S/c1-5-6-18-7-10(13-8-18)21(19,20)16-12-14-11(9(2)3)15-17(12)4/h7-9H,5-6H2,1-4H3,(H,14,15,16). The van der Waals surface area contributed by atoms with Gasteiger partial charge in [-0.05, 0) is 6.42 Å². The van der Waals surface area contributed by atoms with Crippen molar-refractivity contribution >= 4 is 16.0 Å². The highest BCUT2D eigenvalue weighted by atomic mass is 32.2. The quantitative estimate of drug-likeness (QED) is 0.868. The third-order valence-corrected chi connectivity index (χ3v) is 4.10. The van der Waals surface area contributed by atoms with Gasteiger partial charge in [0.2, 0.25) is 5.95 Å². The van der Waals surface area contributed by atoms with Crippen LogP contribution >= 0.6 is 0 Å². The minimum atomic E-state index is -3.75. The summed E-state index contributed by atoms with van der Waals surface area (Å²) in [5.74, 6) is 0.897. The monoisotopic (exact) mass is 312 g/mol. The number of rotatable bonds is 6. The minimum Gasteiger partial charge on any atom is -0.336 e. The van der Waals surface area contributed by atoms with Crippen LogP contribution in [0.4, 0.5) is 5.95 Å². The zero-order valence-corrected chi connectivity index (χ0v) is 13.4. The molecule has 0 saturated heterocycles. The zero-order valence-electron chi connectivity index (χ0n) is 12.6. The van der Waals surface area contributed by atoms with E-state index in [1.807, 2.05) is 20.8 Å². The zero-order chi connectivity index (χ0) is 15.6. The van der Waals surface area contributed by atoms with Crippen molar-refractivity contribution < 1.29 is 8.42 Å². The molecule has 0 bridgehead atoms. The molecule has 0 radical (unpaired) electrons. The summed E-state index contributed by atoms with van der Waals surface area (Å²) in [5.41, 5.74) is 0. The van der Waals surface area contributed by atoms with Gasteiger partial charge in [-0.1, -0.05) is 20.8 Å². The molecule has 0 spiro atoms. The van der Waals surface area contributed by atoms with Crippen LogP contribution in [0.3, 0.4) is 0 Å². The highest BCUT2D eigenvalue weighted by Crippen LogP contribution is 2.16. The second-order valence-electron chi connectivity index (χ2n) is 5.13. The van der Waals surface area contributed by atoms with Crippen molar-refractivity contribution in [3.63, 3.8) is 0 Å². The third kappa shape index (κ3) is 3.41. The number of hydrogen-bond acceptors (Lipinski definition) is 5. The Bertz CT molecular complexity index is 716. The molecule has 0 amide bonds. The largest absolute Gasteiger partial charge is 0.336 e. The van der Waals surface area contributed by atoms with Crippen LogP contribution < -0.4 is 4.72 Å². The van der Waals surface area contributed by atoms with Crippen molar-refractivity contribution in [1.29, 1.82) is 0 Å². The first-order valence-electron chi connectivity index (χ1n) is 6.79. The summed E-state index contributed by atoms with van der Waals surface area (Å²) in [6, 6.07) is 0. The molecule has 0 aliphatic rings. The van der Waals surface area contributed by atoms with E-state index in [0.29, 0.717) is 5.82 Å². The Hall–Kier alpha value is -1.90. The predicted molar refractivity (Wildman–Crippen MR) is 78.4 cm³/mol. The van der Waals surface area contributed by atoms with Gasteiger partial charge in [-0.3, -0.25) is 0 Å². The van der Waals surface area contributed by atoms with Gasteiger partial charge in [-0.25, -0.2) is 14.4 Å². The fraction of sp³-hybridized carbons (Fsp3) is 0.583. The molecule has 9 heteroatoms. The smallest absolute Gasteiger partial charge is 0.283 e. The molecular formula is C12H20N6O2S. The van der Waals surface area contributed by atoms with Crippen LogP contribution in [0.1, 0.15) is 38.9 Å². The molecule has 21 heavy (non-hydrogen) atoms. The maximum atomic E-state index is 12.3. The summed E-state index contributed by atoms with van der Waals surface area (Å²) in [7, 11) is -2.11. The number of hydrogen-bond donors (Lipinski definition) is 1. The van der Waals surface area contributed by atoms with Crippen molar-refractivity contribution in [2.45, 2.75) is 44.7 Å². The molecule has 0 atom stereocenters. The summed E-state index contributed by atoms with van der Waals surface area (Å²) >= 11 is 0. The highest BCUT2D eigenvalue weighted by Gasteiger charge is 2.21. The fourth-order valence-electron chi connectivity index (χ4n) is 1.77. The molecule has 0 aromatic carbocycles. The number of imidazole rings is 1. The molecular weight excluding hydrogens is 292 g/mol. The number of aromatic nitrogens is 5.